The van der Waals surface area contributed by atoms with Crippen LogP contribution in [0.1, 0.15) is 37.2 Å². The van der Waals surface area contributed by atoms with E-state index in [9.17, 15) is 4.79 Å². The molecule has 28 heavy (non-hydrogen) atoms. The Bertz CT molecular complexity index is 992. The summed E-state index contributed by atoms with van der Waals surface area (Å²) in [6.07, 6.45) is 4.40. The van der Waals surface area contributed by atoms with Crippen LogP contribution in [0.4, 0.5) is 16.2 Å². The number of urea groups is 1. The average molecular weight is 379 g/mol. The number of hydrogen-bond donors (Lipinski definition) is 2. The monoisotopic (exact) mass is 379 g/mol. The summed E-state index contributed by atoms with van der Waals surface area (Å²) >= 11 is 0. The second-order valence-electron chi connectivity index (χ2n) is 7.04. The minimum atomic E-state index is -0.284. The van der Waals surface area contributed by atoms with Gasteiger partial charge in [-0.25, -0.2) is 4.79 Å². The van der Waals surface area contributed by atoms with Crippen molar-refractivity contribution in [1.82, 2.24) is 14.8 Å². The second-order valence-corrected chi connectivity index (χ2v) is 7.04. The number of para-hydroxylation sites is 1. The van der Waals surface area contributed by atoms with Gasteiger partial charge in [-0.2, -0.15) is 5.10 Å². The Morgan fingerprint density at radius 2 is 1.96 bits per heavy atom. The number of fused-ring (bicyclic) bond motifs is 1. The summed E-state index contributed by atoms with van der Waals surface area (Å²) in [4.78, 5) is 17.3. The summed E-state index contributed by atoms with van der Waals surface area (Å²) < 4.78 is 7.42. The van der Waals surface area contributed by atoms with Crippen LogP contribution >= 0.6 is 0 Å². The van der Waals surface area contributed by atoms with E-state index in [1.807, 2.05) is 41.9 Å². The smallest absolute Gasteiger partial charge is 0.323 e. The molecule has 0 spiro atoms. The van der Waals surface area contributed by atoms with Crippen LogP contribution in [-0.2, 0) is 11.2 Å². The third-order valence-corrected chi connectivity index (χ3v) is 5.21. The molecular weight excluding hydrogens is 354 g/mol. The number of ether oxygens (including phenoxy) is 1. The van der Waals surface area contributed by atoms with Crippen molar-refractivity contribution < 1.29 is 9.53 Å². The first-order chi connectivity index (χ1) is 13.7. The van der Waals surface area contributed by atoms with Crippen molar-refractivity contribution >= 4 is 28.3 Å². The van der Waals surface area contributed by atoms with E-state index >= 15 is 0 Å². The summed E-state index contributed by atoms with van der Waals surface area (Å²) in [5.74, 6) is 0. The molecule has 7 nitrogen and oxygen atoms in total. The molecule has 0 aliphatic carbocycles. The number of carbonyl (C=O) groups is 1. The maximum Gasteiger partial charge on any atom is 0.323 e. The minimum Gasteiger partial charge on any atom is -0.381 e. The number of amides is 2. The normalized spacial score (nSPS) is 14.9. The van der Waals surface area contributed by atoms with Crippen LogP contribution in [-0.4, -0.2) is 34.0 Å². The zero-order valence-electron chi connectivity index (χ0n) is 16.2. The molecule has 4 rings (SSSR count). The summed E-state index contributed by atoms with van der Waals surface area (Å²) in [7, 11) is 0. The van der Waals surface area contributed by atoms with Crippen LogP contribution < -0.4 is 10.6 Å². The number of carbonyl (C=O) groups excluding carboxylic acids is 1. The number of anilines is 2. The summed E-state index contributed by atoms with van der Waals surface area (Å²) in [6, 6.07) is 9.79. The van der Waals surface area contributed by atoms with E-state index in [2.05, 4.69) is 27.6 Å². The predicted molar refractivity (Wildman–Crippen MR) is 110 cm³/mol. The van der Waals surface area contributed by atoms with Crippen molar-refractivity contribution in [2.75, 3.05) is 23.8 Å². The Hall–Kier alpha value is -2.93. The van der Waals surface area contributed by atoms with Crippen LogP contribution in [0.5, 0.6) is 0 Å². The third-order valence-electron chi connectivity index (χ3n) is 5.21. The first-order valence-electron chi connectivity index (χ1n) is 9.74. The van der Waals surface area contributed by atoms with Crippen LogP contribution in [0, 0.1) is 6.92 Å². The Balaban J connectivity index is 1.52. The van der Waals surface area contributed by atoms with E-state index in [0.717, 1.165) is 66.1 Å². The topological polar surface area (TPSA) is 81.1 Å². The van der Waals surface area contributed by atoms with Crippen molar-refractivity contribution in [1.29, 1.82) is 0 Å². The predicted octanol–water partition coefficient (Wildman–Crippen LogP) is 4.30. The minimum absolute atomic E-state index is 0.284. The van der Waals surface area contributed by atoms with Crippen molar-refractivity contribution in [3.8, 4) is 0 Å². The Kier molecular flexibility index (Phi) is 5.25. The van der Waals surface area contributed by atoms with Gasteiger partial charge in [-0.3, -0.25) is 9.67 Å². The number of benzene rings is 1. The molecule has 0 saturated carbocycles. The number of pyridine rings is 1. The molecule has 0 radical (unpaired) electrons. The van der Waals surface area contributed by atoms with Gasteiger partial charge in [-0.1, -0.05) is 25.1 Å². The van der Waals surface area contributed by atoms with E-state index in [0.29, 0.717) is 6.04 Å². The van der Waals surface area contributed by atoms with E-state index in [4.69, 9.17) is 4.74 Å². The highest BCUT2D eigenvalue weighted by atomic mass is 16.5. The zero-order valence-corrected chi connectivity index (χ0v) is 16.2. The first kappa shape index (κ1) is 18.4. The zero-order chi connectivity index (χ0) is 19.5. The summed E-state index contributed by atoms with van der Waals surface area (Å²) in [5, 5.41) is 11.3. The number of aromatic nitrogens is 3. The highest BCUT2D eigenvalue weighted by molar-refractivity contribution is 6.05. The lowest BCUT2D eigenvalue weighted by atomic mass is 10.1. The molecule has 3 aromatic rings. The molecular formula is C21H25N5O2. The maximum absolute atomic E-state index is 12.7. The number of rotatable bonds is 4. The molecule has 2 amide bonds. The average Bonchev–Trinajstić information content (AvgIpc) is 3.08. The second kappa shape index (κ2) is 7.98. The molecule has 0 bridgehead atoms. The first-order valence-corrected chi connectivity index (χ1v) is 9.74. The molecule has 2 N–H and O–H groups in total. The molecule has 0 atom stereocenters. The lowest BCUT2D eigenvalue weighted by molar-refractivity contribution is 0.0657. The van der Waals surface area contributed by atoms with Crippen molar-refractivity contribution in [2.45, 2.75) is 39.2 Å². The van der Waals surface area contributed by atoms with Crippen LogP contribution in [0.2, 0.25) is 0 Å². The fraction of sp³-hybridized carbons (Fsp3) is 0.381. The number of nitrogens with one attached hydrogen (secondary N) is 2. The molecule has 3 heterocycles. The van der Waals surface area contributed by atoms with Crippen molar-refractivity contribution in [2.24, 2.45) is 0 Å². The molecule has 146 valence electrons. The molecule has 0 unspecified atom stereocenters. The van der Waals surface area contributed by atoms with Gasteiger partial charge in [0, 0.05) is 24.3 Å². The largest absolute Gasteiger partial charge is 0.381 e. The number of hydrogen-bond acceptors (Lipinski definition) is 4. The van der Waals surface area contributed by atoms with E-state index in [1.54, 1.807) is 6.20 Å². The van der Waals surface area contributed by atoms with Gasteiger partial charge in [0.25, 0.3) is 0 Å². The lowest BCUT2D eigenvalue weighted by Crippen LogP contribution is -2.22. The van der Waals surface area contributed by atoms with Gasteiger partial charge < -0.3 is 15.4 Å². The van der Waals surface area contributed by atoms with Crippen LogP contribution in [0.25, 0.3) is 10.9 Å². The van der Waals surface area contributed by atoms with Crippen molar-refractivity contribution in [3.05, 3.63) is 47.9 Å². The van der Waals surface area contributed by atoms with E-state index in [-0.39, 0.29) is 6.03 Å². The number of aryl methyl sites for hydroxylation is 1. The third kappa shape index (κ3) is 3.71. The molecule has 1 fully saturated rings. The fourth-order valence-electron chi connectivity index (χ4n) is 3.63. The molecule has 1 aliphatic heterocycles. The van der Waals surface area contributed by atoms with Gasteiger partial charge in [0.05, 0.1) is 34.8 Å². The molecule has 1 aromatic carbocycles. The quantitative estimate of drug-likeness (QED) is 0.708. The SMILES string of the molecule is CCc1cc(NC(=O)Nc2cnn(C3CCOCC3)c2C)c2ccccc2n1. The van der Waals surface area contributed by atoms with Crippen LogP contribution in [0.3, 0.4) is 0 Å². The Morgan fingerprint density at radius 3 is 2.75 bits per heavy atom. The van der Waals surface area contributed by atoms with Gasteiger partial charge in [-0.15, -0.1) is 0 Å². The van der Waals surface area contributed by atoms with Crippen molar-refractivity contribution in [3.63, 3.8) is 0 Å². The van der Waals surface area contributed by atoms with Gasteiger partial charge >= 0.3 is 6.03 Å². The van der Waals surface area contributed by atoms with E-state index < -0.39 is 0 Å². The van der Waals surface area contributed by atoms with Gasteiger partial charge in [0.2, 0.25) is 0 Å². The number of nitrogens with zero attached hydrogens (tertiary/aromatic N) is 3. The molecule has 1 saturated heterocycles. The Morgan fingerprint density at radius 1 is 1.21 bits per heavy atom. The highest BCUT2D eigenvalue weighted by Crippen LogP contribution is 2.26. The van der Waals surface area contributed by atoms with Gasteiger partial charge in [0.1, 0.15) is 0 Å². The molecule has 7 heteroatoms. The highest BCUT2D eigenvalue weighted by Gasteiger charge is 2.20. The lowest BCUT2D eigenvalue weighted by Gasteiger charge is -2.23. The maximum atomic E-state index is 12.7. The standard InChI is InChI=1S/C21H25N5O2/c1-3-15-12-19(17-6-4-5-7-18(17)23-15)24-21(27)25-20-13-22-26(14(20)2)16-8-10-28-11-9-16/h4-7,12-13,16H,3,8-11H2,1-2H3,(H2,23,24,25,27). The Labute approximate surface area is 164 Å². The molecule has 1 aliphatic rings. The summed E-state index contributed by atoms with van der Waals surface area (Å²) in [5.41, 5.74) is 4.25. The summed E-state index contributed by atoms with van der Waals surface area (Å²) in [6.45, 7) is 5.54. The molecule has 2 aromatic heterocycles. The van der Waals surface area contributed by atoms with Gasteiger partial charge in [0.15, 0.2) is 0 Å². The van der Waals surface area contributed by atoms with Crippen LogP contribution in [0.15, 0.2) is 36.5 Å². The van der Waals surface area contributed by atoms with E-state index in [1.165, 1.54) is 0 Å². The van der Waals surface area contributed by atoms with Gasteiger partial charge in [-0.05, 0) is 38.3 Å². The fourth-order valence-corrected chi connectivity index (χ4v) is 3.63.